The van der Waals surface area contributed by atoms with Crippen molar-refractivity contribution in [2.75, 3.05) is 26.8 Å². The molecule has 226 valence electrons. The zero-order valence-corrected chi connectivity index (χ0v) is 25.6. The molecule has 0 spiro atoms. The highest BCUT2D eigenvalue weighted by atomic mass is 19.1. The molecule has 3 aromatic rings. The van der Waals surface area contributed by atoms with Crippen molar-refractivity contribution in [1.29, 1.82) is 0 Å². The maximum absolute atomic E-state index is 13.3. The first-order chi connectivity index (χ1) is 20.8. The van der Waals surface area contributed by atoms with E-state index in [2.05, 4.69) is 35.5 Å². The topological polar surface area (TPSA) is 58.6 Å². The van der Waals surface area contributed by atoms with Gasteiger partial charge in [0.15, 0.2) is 5.78 Å². The second-order valence-corrected chi connectivity index (χ2v) is 12.3. The standard InChI is InChI=1S/C37H43FN2O3/c1-25-19-32-8-7-26(2)40(24-33(32)22-35(25)37(42)39-17-18-43-3)23-28-6-4-5-27(20-28)21-36(41)31-11-9-29(10-12-31)30-13-15-34(38)16-14-30/h8-16,19,22,24,26-28H,4-7,17-18,20-21,23H2,1-3H3,(H,39,42). The molecule has 1 saturated carbocycles. The molecular formula is C37H43FN2O3. The zero-order valence-electron chi connectivity index (χ0n) is 25.6. The molecule has 1 aliphatic heterocycles. The van der Waals surface area contributed by atoms with Crippen LogP contribution >= 0.6 is 0 Å². The summed E-state index contributed by atoms with van der Waals surface area (Å²) in [7, 11) is 1.63. The molecule has 1 N–H and O–H groups in total. The minimum Gasteiger partial charge on any atom is -0.383 e. The van der Waals surface area contributed by atoms with E-state index in [1.54, 1.807) is 19.2 Å². The van der Waals surface area contributed by atoms with Crippen LogP contribution in [0.15, 0.2) is 60.7 Å². The predicted molar refractivity (Wildman–Crippen MR) is 171 cm³/mol. The molecule has 1 heterocycles. The van der Waals surface area contributed by atoms with Crippen LogP contribution in [0.1, 0.15) is 71.7 Å². The Morgan fingerprint density at radius 2 is 1.67 bits per heavy atom. The zero-order chi connectivity index (χ0) is 30.3. The van der Waals surface area contributed by atoms with Crippen LogP contribution in [0.3, 0.4) is 0 Å². The fraction of sp³-hybridized carbons (Fsp3) is 0.405. The smallest absolute Gasteiger partial charge is 0.251 e. The summed E-state index contributed by atoms with van der Waals surface area (Å²) in [4.78, 5) is 28.5. The largest absolute Gasteiger partial charge is 0.383 e. The number of Topliss-reactive ketones (excluding diaryl/α,β-unsaturated/α-hetero) is 1. The van der Waals surface area contributed by atoms with E-state index < -0.39 is 0 Å². The normalized spacial score (nSPS) is 19.9. The molecule has 0 aromatic heterocycles. The van der Waals surface area contributed by atoms with E-state index in [1.807, 2.05) is 37.3 Å². The Labute approximate surface area is 254 Å². The van der Waals surface area contributed by atoms with Crippen molar-refractivity contribution < 1.29 is 18.7 Å². The molecule has 6 heteroatoms. The van der Waals surface area contributed by atoms with Gasteiger partial charge < -0.3 is 15.0 Å². The Hall–Kier alpha value is -3.77. The van der Waals surface area contributed by atoms with Gasteiger partial charge in [0.1, 0.15) is 5.82 Å². The number of rotatable bonds is 10. The van der Waals surface area contributed by atoms with Crippen LogP contribution in [-0.4, -0.2) is 49.4 Å². The Morgan fingerprint density at radius 1 is 0.977 bits per heavy atom. The third-order valence-corrected chi connectivity index (χ3v) is 9.04. The Kier molecular flexibility index (Phi) is 10.1. The Balaban J connectivity index is 1.23. The van der Waals surface area contributed by atoms with Crippen LogP contribution in [0.5, 0.6) is 0 Å². The summed E-state index contributed by atoms with van der Waals surface area (Å²) >= 11 is 0. The van der Waals surface area contributed by atoms with Gasteiger partial charge >= 0.3 is 0 Å². The summed E-state index contributed by atoms with van der Waals surface area (Å²) in [5.41, 5.74) is 4.34. The van der Waals surface area contributed by atoms with Crippen molar-refractivity contribution in [2.45, 2.75) is 58.4 Å². The van der Waals surface area contributed by atoms with Gasteiger partial charge in [0.05, 0.1) is 6.61 Å². The number of benzene rings is 3. The van der Waals surface area contributed by atoms with Gasteiger partial charge in [0.2, 0.25) is 0 Å². The average Bonchev–Trinajstić information content (AvgIpc) is 3.15. The van der Waals surface area contributed by atoms with E-state index in [4.69, 9.17) is 4.74 Å². The number of nitrogens with zero attached hydrogens (tertiary/aromatic N) is 1. The van der Waals surface area contributed by atoms with Crippen molar-refractivity contribution in [3.8, 4) is 11.1 Å². The van der Waals surface area contributed by atoms with E-state index >= 15 is 0 Å². The van der Waals surface area contributed by atoms with E-state index in [-0.39, 0.29) is 17.5 Å². The number of nitrogens with one attached hydrogen (secondary N) is 1. The van der Waals surface area contributed by atoms with E-state index in [0.29, 0.717) is 43.0 Å². The van der Waals surface area contributed by atoms with Gasteiger partial charge in [-0.2, -0.15) is 0 Å². The predicted octanol–water partition coefficient (Wildman–Crippen LogP) is 5.87. The average molecular weight is 583 g/mol. The number of ether oxygens (including phenoxy) is 1. The number of fused-ring (bicyclic) bond motifs is 1. The monoisotopic (exact) mass is 582 g/mol. The first-order valence-corrected chi connectivity index (χ1v) is 15.6. The highest BCUT2D eigenvalue weighted by Crippen LogP contribution is 2.33. The summed E-state index contributed by atoms with van der Waals surface area (Å²) in [6.45, 7) is 6.18. The van der Waals surface area contributed by atoms with Crippen molar-refractivity contribution in [3.05, 3.63) is 93.6 Å². The fourth-order valence-corrected chi connectivity index (χ4v) is 6.54. The summed E-state index contributed by atoms with van der Waals surface area (Å²) < 4.78 is 18.4. The quantitative estimate of drug-likeness (QED) is 0.240. The van der Waals surface area contributed by atoms with Crippen LogP contribution in [0.25, 0.3) is 23.4 Å². The van der Waals surface area contributed by atoms with Crippen LogP contribution in [-0.2, 0) is 4.74 Å². The molecule has 0 bridgehead atoms. The van der Waals surface area contributed by atoms with Crippen LogP contribution in [0.4, 0.5) is 4.39 Å². The number of halogens is 1. The fourth-order valence-electron chi connectivity index (χ4n) is 6.54. The van der Waals surface area contributed by atoms with Gasteiger partial charge in [0, 0.05) is 50.0 Å². The molecule has 5 rings (SSSR count). The maximum atomic E-state index is 13.3. The molecule has 3 unspecified atom stereocenters. The van der Waals surface area contributed by atoms with E-state index in [9.17, 15) is 14.0 Å². The number of carbonyl (C=O) groups is 2. The molecule has 1 fully saturated rings. The highest BCUT2D eigenvalue weighted by molar-refractivity contribution is 5.97. The van der Waals surface area contributed by atoms with E-state index in [1.165, 1.54) is 23.8 Å². The minimum atomic E-state index is -0.254. The third-order valence-electron chi connectivity index (χ3n) is 9.04. The molecule has 1 aliphatic carbocycles. The third kappa shape index (κ3) is 7.80. The molecule has 5 nitrogen and oxygen atoms in total. The van der Waals surface area contributed by atoms with Crippen LogP contribution in [0.2, 0.25) is 0 Å². The van der Waals surface area contributed by atoms with Crippen LogP contribution in [0, 0.1) is 24.6 Å². The summed E-state index contributed by atoms with van der Waals surface area (Å²) in [6, 6.07) is 18.6. The number of methoxy groups -OCH3 is 1. The Bertz CT molecular complexity index is 1550. The molecule has 1 amide bonds. The van der Waals surface area contributed by atoms with Gasteiger partial charge in [0.25, 0.3) is 5.91 Å². The lowest BCUT2D eigenvalue weighted by Gasteiger charge is -2.35. The van der Waals surface area contributed by atoms with Gasteiger partial charge in [-0.05, 0) is 96.7 Å². The summed E-state index contributed by atoms with van der Waals surface area (Å²) in [5, 5.41) is 5.21. The van der Waals surface area contributed by atoms with Crippen molar-refractivity contribution in [3.63, 3.8) is 0 Å². The second kappa shape index (κ2) is 14.1. The maximum Gasteiger partial charge on any atom is 0.251 e. The second-order valence-electron chi connectivity index (χ2n) is 12.3. The van der Waals surface area contributed by atoms with Gasteiger partial charge in [-0.15, -0.1) is 0 Å². The molecule has 43 heavy (non-hydrogen) atoms. The van der Waals surface area contributed by atoms with Gasteiger partial charge in [-0.1, -0.05) is 55.0 Å². The number of carbonyl (C=O) groups excluding carboxylic acids is 2. The first-order valence-electron chi connectivity index (χ1n) is 15.6. The summed E-state index contributed by atoms with van der Waals surface area (Å²) in [5.74, 6) is 0.778. The highest BCUT2D eigenvalue weighted by Gasteiger charge is 2.27. The number of amides is 1. The number of aryl methyl sites for hydroxylation is 1. The molecule has 2 aliphatic rings. The molecular weight excluding hydrogens is 539 g/mol. The Morgan fingerprint density at radius 3 is 2.40 bits per heavy atom. The number of ketones is 1. The van der Waals surface area contributed by atoms with Crippen molar-refractivity contribution in [2.24, 2.45) is 11.8 Å². The molecule has 0 radical (unpaired) electrons. The lowest BCUT2D eigenvalue weighted by molar-refractivity contribution is 0.0926. The lowest BCUT2D eigenvalue weighted by Crippen LogP contribution is -2.36. The minimum absolute atomic E-state index is 0.0699. The SMILES string of the molecule is COCCNC(=O)c1cc2c(cc1C)=CCC(C)N(CC1CCCC(CC(=O)c3ccc(-c4ccc(F)cc4)cc3)C1)C=2. The van der Waals surface area contributed by atoms with Crippen molar-refractivity contribution >= 4 is 24.0 Å². The van der Waals surface area contributed by atoms with Gasteiger partial charge in [-0.25, -0.2) is 4.39 Å². The summed E-state index contributed by atoms with van der Waals surface area (Å²) in [6.07, 6.45) is 10.5. The molecule has 3 atom stereocenters. The van der Waals surface area contributed by atoms with Crippen LogP contribution < -0.4 is 15.8 Å². The number of hydrogen-bond acceptors (Lipinski definition) is 4. The number of hydrogen-bond donors (Lipinski definition) is 1. The van der Waals surface area contributed by atoms with Gasteiger partial charge in [-0.3, -0.25) is 9.59 Å². The lowest BCUT2D eigenvalue weighted by atomic mass is 9.78. The van der Waals surface area contributed by atoms with Crippen molar-refractivity contribution in [1.82, 2.24) is 10.2 Å². The molecule has 3 aromatic carbocycles. The molecule has 0 saturated heterocycles. The first kappa shape index (κ1) is 30.7. The van der Waals surface area contributed by atoms with E-state index in [0.717, 1.165) is 59.7 Å².